The smallest absolute Gasteiger partial charge is 0.306 e. The van der Waals surface area contributed by atoms with Crippen LogP contribution in [0.25, 0.3) is 0 Å². The van der Waals surface area contributed by atoms with Crippen LogP contribution in [0.4, 0.5) is 0 Å². The number of rotatable bonds is 8. The molecule has 1 atom stereocenters. The fraction of sp³-hybridized carbons (Fsp3) is 0.818. The molecular formula is C11H20O4. The van der Waals surface area contributed by atoms with Crippen LogP contribution in [0.2, 0.25) is 0 Å². The highest BCUT2D eigenvalue weighted by Gasteiger charge is 2.05. The van der Waals surface area contributed by atoms with Crippen molar-refractivity contribution in [2.75, 3.05) is 13.7 Å². The highest BCUT2D eigenvalue weighted by Crippen LogP contribution is 2.01. The number of hydrogen-bond donors (Lipinski definition) is 0. The Balaban J connectivity index is 3.35. The minimum absolute atomic E-state index is 0.0138. The molecule has 0 saturated carbocycles. The maximum atomic E-state index is 11.1. The maximum absolute atomic E-state index is 11.1. The summed E-state index contributed by atoms with van der Waals surface area (Å²) in [6.07, 6.45) is 2.32. The summed E-state index contributed by atoms with van der Waals surface area (Å²) in [5, 5.41) is 0. The molecule has 0 N–H and O–H groups in total. The van der Waals surface area contributed by atoms with Crippen molar-refractivity contribution in [2.45, 2.75) is 45.6 Å². The summed E-state index contributed by atoms with van der Waals surface area (Å²) in [5.41, 5.74) is 0. The third kappa shape index (κ3) is 9.41. The van der Waals surface area contributed by atoms with Crippen molar-refractivity contribution < 1.29 is 19.1 Å². The number of carbonyl (C=O) groups excluding carboxylic acids is 2. The van der Waals surface area contributed by atoms with Crippen LogP contribution < -0.4 is 0 Å². The minimum atomic E-state index is -0.296. The molecule has 0 aliphatic carbocycles. The molecule has 0 aliphatic rings. The Morgan fingerprint density at radius 3 is 2.47 bits per heavy atom. The molecule has 0 aromatic heterocycles. The average molecular weight is 216 g/mol. The van der Waals surface area contributed by atoms with E-state index in [0.717, 1.165) is 12.8 Å². The van der Waals surface area contributed by atoms with Crippen LogP contribution in [0.3, 0.4) is 0 Å². The molecule has 4 heteroatoms. The highest BCUT2D eigenvalue weighted by molar-refractivity contribution is 5.80. The lowest BCUT2D eigenvalue weighted by molar-refractivity contribution is -0.145. The Bertz CT molecular complexity index is 201. The maximum Gasteiger partial charge on any atom is 0.306 e. The summed E-state index contributed by atoms with van der Waals surface area (Å²) < 4.78 is 9.99. The Hall–Kier alpha value is -0.900. The number of ether oxygens (including phenoxy) is 2. The minimum Gasteiger partial charge on any atom is -0.466 e. The molecule has 0 fully saturated rings. The van der Waals surface area contributed by atoms with E-state index < -0.39 is 0 Å². The summed E-state index contributed by atoms with van der Waals surface area (Å²) in [4.78, 5) is 21.6. The molecule has 0 aromatic rings. The number of hydrogen-bond acceptors (Lipinski definition) is 4. The molecule has 0 rings (SSSR count). The van der Waals surface area contributed by atoms with Gasteiger partial charge in [0.2, 0.25) is 0 Å². The fourth-order valence-corrected chi connectivity index (χ4v) is 1.02. The first kappa shape index (κ1) is 14.1. The van der Waals surface area contributed by atoms with Crippen molar-refractivity contribution in [3.8, 4) is 0 Å². The fourth-order valence-electron chi connectivity index (χ4n) is 1.02. The first-order valence-electron chi connectivity index (χ1n) is 5.24. The van der Waals surface area contributed by atoms with Crippen LogP contribution in [-0.2, 0) is 19.1 Å². The lowest BCUT2D eigenvalue weighted by atomic mass is 10.2. The van der Waals surface area contributed by atoms with E-state index in [2.05, 4.69) is 0 Å². The van der Waals surface area contributed by atoms with E-state index >= 15 is 0 Å². The zero-order chi connectivity index (χ0) is 11.7. The zero-order valence-electron chi connectivity index (χ0n) is 9.75. The molecule has 0 aliphatic heterocycles. The molecule has 0 radical (unpaired) electrons. The van der Waals surface area contributed by atoms with E-state index in [9.17, 15) is 9.59 Å². The molecule has 15 heavy (non-hydrogen) atoms. The third-order valence-electron chi connectivity index (χ3n) is 2.10. The van der Waals surface area contributed by atoms with Gasteiger partial charge in [-0.05, 0) is 26.7 Å². The van der Waals surface area contributed by atoms with Gasteiger partial charge in [0.15, 0.2) is 0 Å². The van der Waals surface area contributed by atoms with Crippen molar-refractivity contribution in [1.29, 1.82) is 0 Å². The predicted octanol–water partition coefficient (Wildman–Crippen LogP) is 1.71. The van der Waals surface area contributed by atoms with Crippen LogP contribution in [0.1, 0.15) is 39.5 Å². The lowest BCUT2D eigenvalue weighted by Gasteiger charge is -2.08. The van der Waals surface area contributed by atoms with Crippen molar-refractivity contribution >= 4 is 11.8 Å². The second kappa shape index (κ2) is 8.41. The lowest BCUT2D eigenvalue weighted by Crippen LogP contribution is -2.10. The summed E-state index contributed by atoms with van der Waals surface area (Å²) in [7, 11) is 1.66. The largest absolute Gasteiger partial charge is 0.466 e. The monoisotopic (exact) mass is 216 g/mol. The Morgan fingerprint density at radius 2 is 1.93 bits per heavy atom. The van der Waals surface area contributed by atoms with Gasteiger partial charge < -0.3 is 14.3 Å². The van der Waals surface area contributed by atoms with Crippen LogP contribution >= 0.6 is 0 Å². The normalized spacial score (nSPS) is 12.2. The molecule has 0 saturated heterocycles. The van der Waals surface area contributed by atoms with Crippen LogP contribution in [0, 0.1) is 0 Å². The van der Waals surface area contributed by atoms with Crippen molar-refractivity contribution in [1.82, 2.24) is 0 Å². The van der Waals surface area contributed by atoms with E-state index in [1.54, 1.807) is 7.11 Å². The predicted molar refractivity (Wildman–Crippen MR) is 56.6 cm³/mol. The number of methoxy groups -OCH3 is 1. The van der Waals surface area contributed by atoms with Crippen molar-refractivity contribution in [3.05, 3.63) is 0 Å². The van der Waals surface area contributed by atoms with Gasteiger partial charge in [0.25, 0.3) is 0 Å². The molecule has 0 spiro atoms. The number of ketones is 1. The Morgan fingerprint density at radius 1 is 1.27 bits per heavy atom. The van der Waals surface area contributed by atoms with E-state index in [1.807, 2.05) is 6.92 Å². The van der Waals surface area contributed by atoms with Crippen LogP contribution in [-0.4, -0.2) is 31.6 Å². The standard InChI is InChI=1S/C11H20O4/c1-9(12)6-7-11(13)15-8-4-5-10(2)14-3/h10H,4-8H2,1-3H3. The quantitative estimate of drug-likeness (QED) is 0.458. The van der Waals surface area contributed by atoms with Crippen LogP contribution in [0.5, 0.6) is 0 Å². The van der Waals surface area contributed by atoms with Gasteiger partial charge in [0.1, 0.15) is 5.78 Å². The highest BCUT2D eigenvalue weighted by atomic mass is 16.5. The first-order chi connectivity index (χ1) is 7.06. The van der Waals surface area contributed by atoms with Gasteiger partial charge in [-0.3, -0.25) is 4.79 Å². The topological polar surface area (TPSA) is 52.6 Å². The molecular weight excluding hydrogens is 196 g/mol. The Labute approximate surface area is 90.9 Å². The second-order valence-corrected chi connectivity index (χ2v) is 3.61. The first-order valence-corrected chi connectivity index (χ1v) is 5.24. The van der Waals surface area contributed by atoms with Gasteiger partial charge in [0.05, 0.1) is 19.1 Å². The summed E-state index contributed by atoms with van der Waals surface area (Å²) in [6.45, 7) is 3.84. The van der Waals surface area contributed by atoms with Gasteiger partial charge in [0, 0.05) is 13.5 Å². The molecule has 4 nitrogen and oxygen atoms in total. The van der Waals surface area contributed by atoms with E-state index in [1.165, 1.54) is 6.92 Å². The Kier molecular flexibility index (Phi) is 7.91. The van der Waals surface area contributed by atoms with Gasteiger partial charge >= 0.3 is 5.97 Å². The van der Waals surface area contributed by atoms with E-state index in [-0.39, 0.29) is 30.7 Å². The van der Waals surface area contributed by atoms with Gasteiger partial charge in [-0.1, -0.05) is 0 Å². The molecule has 1 unspecified atom stereocenters. The van der Waals surface area contributed by atoms with Crippen molar-refractivity contribution in [2.24, 2.45) is 0 Å². The van der Waals surface area contributed by atoms with Crippen molar-refractivity contribution in [3.63, 3.8) is 0 Å². The number of carbonyl (C=O) groups is 2. The van der Waals surface area contributed by atoms with E-state index in [0.29, 0.717) is 6.61 Å². The average Bonchev–Trinajstić information content (AvgIpc) is 2.21. The molecule has 0 bridgehead atoms. The van der Waals surface area contributed by atoms with Gasteiger partial charge in [-0.25, -0.2) is 0 Å². The molecule has 0 amide bonds. The van der Waals surface area contributed by atoms with Gasteiger partial charge in [-0.15, -0.1) is 0 Å². The number of Topliss-reactive ketones (excluding diaryl/α,β-unsaturated/α-hetero) is 1. The van der Waals surface area contributed by atoms with Crippen LogP contribution in [0.15, 0.2) is 0 Å². The molecule has 88 valence electrons. The van der Waals surface area contributed by atoms with Gasteiger partial charge in [-0.2, -0.15) is 0 Å². The molecule has 0 aromatic carbocycles. The SMILES string of the molecule is COC(C)CCCOC(=O)CCC(C)=O. The molecule has 0 heterocycles. The summed E-state index contributed by atoms with van der Waals surface area (Å²) in [5.74, 6) is -0.282. The third-order valence-corrected chi connectivity index (χ3v) is 2.10. The second-order valence-electron chi connectivity index (χ2n) is 3.61. The zero-order valence-corrected chi connectivity index (χ0v) is 9.75. The van der Waals surface area contributed by atoms with E-state index in [4.69, 9.17) is 9.47 Å². The summed E-state index contributed by atoms with van der Waals surface area (Å²) >= 11 is 0. The number of esters is 1. The summed E-state index contributed by atoms with van der Waals surface area (Å²) in [6, 6.07) is 0.